The molecule has 168 valence electrons. The van der Waals surface area contributed by atoms with Gasteiger partial charge in [-0.3, -0.25) is 4.79 Å². The predicted octanol–water partition coefficient (Wildman–Crippen LogP) is 5.05. The maximum absolute atomic E-state index is 12.6. The number of rotatable bonds is 8. The van der Waals surface area contributed by atoms with E-state index >= 15 is 0 Å². The molecule has 33 heavy (non-hydrogen) atoms. The largest absolute Gasteiger partial charge is 0.490 e. The summed E-state index contributed by atoms with van der Waals surface area (Å²) in [6.07, 6.45) is 1.36. The van der Waals surface area contributed by atoms with E-state index in [-0.39, 0.29) is 28.6 Å². The summed E-state index contributed by atoms with van der Waals surface area (Å²) in [4.78, 5) is 12.5. The molecule has 0 aromatic heterocycles. The van der Waals surface area contributed by atoms with Crippen molar-refractivity contribution < 1.29 is 22.1 Å². The fourth-order valence-corrected chi connectivity index (χ4v) is 3.94. The van der Waals surface area contributed by atoms with Crippen molar-refractivity contribution in [3.05, 3.63) is 89.0 Å². The summed E-state index contributed by atoms with van der Waals surface area (Å²) in [6, 6.07) is 20.5. The number of hydrogen-bond acceptors (Lipinski definition) is 6. The van der Waals surface area contributed by atoms with E-state index in [0.29, 0.717) is 16.3 Å². The Morgan fingerprint density at radius 1 is 1.06 bits per heavy atom. The fourth-order valence-electron chi connectivity index (χ4n) is 2.78. The number of anilines is 1. The quantitative estimate of drug-likeness (QED) is 0.273. The van der Waals surface area contributed by atoms with Crippen LogP contribution < -0.4 is 14.2 Å². The monoisotopic (exact) mass is 482 g/mol. The van der Waals surface area contributed by atoms with E-state index in [1.54, 1.807) is 49.4 Å². The van der Waals surface area contributed by atoms with E-state index in [4.69, 9.17) is 20.5 Å². The Hall–Kier alpha value is -3.80. The number of amides is 1. The van der Waals surface area contributed by atoms with Crippen LogP contribution in [0.4, 0.5) is 5.69 Å². The Balaban J connectivity index is 1.87. The molecule has 0 heterocycles. The lowest BCUT2D eigenvalue weighted by Crippen LogP contribution is -2.13. The molecule has 9 heteroatoms. The molecule has 0 radical (unpaired) electrons. The van der Waals surface area contributed by atoms with Gasteiger partial charge in [0.1, 0.15) is 16.5 Å². The first kappa shape index (κ1) is 23.9. The van der Waals surface area contributed by atoms with Gasteiger partial charge in [-0.1, -0.05) is 41.9 Å². The number of nitrogens with zero attached hydrogens (tertiary/aromatic N) is 1. The smallest absolute Gasteiger partial charge is 0.339 e. The van der Waals surface area contributed by atoms with Crippen molar-refractivity contribution in [2.45, 2.75) is 11.8 Å². The van der Waals surface area contributed by atoms with E-state index in [9.17, 15) is 18.5 Å². The highest BCUT2D eigenvalue weighted by Gasteiger charge is 2.19. The number of ether oxygens (including phenoxy) is 1. The Morgan fingerprint density at radius 2 is 1.82 bits per heavy atom. The summed E-state index contributed by atoms with van der Waals surface area (Å²) in [5.41, 5.74) is 0.724. The van der Waals surface area contributed by atoms with Crippen LogP contribution >= 0.6 is 11.6 Å². The number of hydrogen-bond donors (Lipinski definition) is 1. The Kier molecular flexibility index (Phi) is 7.72. The van der Waals surface area contributed by atoms with Crippen LogP contribution in [0.25, 0.3) is 6.08 Å². The van der Waals surface area contributed by atoms with Crippen LogP contribution in [0.5, 0.6) is 11.5 Å². The molecule has 0 spiro atoms. The second-order valence-corrected chi connectivity index (χ2v) is 8.61. The average molecular weight is 483 g/mol. The van der Waals surface area contributed by atoms with Gasteiger partial charge in [0, 0.05) is 10.7 Å². The molecule has 0 bridgehead atoms. The second kappa shape index (κ2) is 10.7. The summed E-state index contributed by atoms with van der Waals surface area (Å²) >= 11 is 5.92. The Labute approximate surface area is 197 Å². The highest BCUT2D eigenvalue weighted by molar-refractivity contribution is 7.87. The SMILES string of the molecule is CCOc1cc(/C=C(\C#N)C(=O)Nc2cccc(Cl)c2)ccc1OS(=O)(=O)c1ccccc1. The van der Waals surface area contributed by atoms with Gasteiger partial charge < -0.3 is 14.2 Å². The number of halogens is 1. The first-order valence-corrected chi connectivity index (χ1v) is 11.6. The molecule has 3 aromatic rings. The molecule has 1 N–H and O–H groups in total. The zero-order valence-electron chi connectivity index (χ0n) is 17.5. The highest BCUT2D eigenvalue weighted by Crippen LogP contribution is 2.32. The third-order valence-electron chi connectivity index (χ3n) is 4.26. The molecule has 0 aliphatic carbocycles. The van der Waals surface area contributed by atoms with Crippen LogP contribution in [-0.2, 0) is 14.9 Å². The Bertz CT molecular complexity index is 1330. The highest BCUT2D eigenvalue weighted by atomic mass is 35.5. The zero-order valence-corrected chi connectivity index (χ0v) is 19.1. The van der Waals surface area contributed by atoms with Gasteiger partial charge in [-0.2, -0.15) is 13.7 Å². The maximum atomic E-state index is 12.6. The van der Waals surface area contributed by atoms with Crippen molar-refractivity contribution in [3.8, 4) is 17.6 Å². The third-order valence-corrected chi connectivity index (χ3v) is 5.74. The fraction of sp³-hybridized carbons (Fsp3) is 0.0833. The van der Waals surface area contributed by atoms with E-state index in [2.05, 4.69) is 5.32 Å². The topological polar surface area (TPSA) is 105 Å². The number of nitrogens with one attached hydrogen (secondary N) is 1. The summed E-state index contributed by atoms with van der Waals surface area (Å²) in [7, 11) is -4.07. The van der Waals surface area contributed by atoms with E-state index in [0.717, 1.165) is 0 Å². The zero-order chi connectivity index (χ0) is 23.8. The summed E-state index contributed by atoms with van der Waals surface area (Å²) in [5, 5.41) is 12.5. The molecule has 0 fully saturated rings. The average Bonchev–Trinajstić information content (AvgIpc) is 2.79. The molecule has 1 amide bonds. The van der Waals surface area contributed by atoms with Crippen molar-refractivity contribution in [1.29, 1.82) is 5.26 Å². The van der Waals surface area contributed by atoms with Gasteiger partial charge in [0.15, 0.2) is 11.5 Å². The van der Waals surface area contributed by atoms with Crippen molar-refractivity contribution >= 4 is 39.4 Å². The lowest BCUT2D eigenvalue weighted by atomic mass is 10.1. The third kappa shape index (κ3) is 6.35. The molecule has 0 unspecified atom stereocenters. The number of nitriles is 1. The normalized spacial score (nSPS) is 11.4. The van der Waals surface area contributed by atoms with E-state index in [1.165, 1.54) is 36.4 Å². The van der Waals surface area contributed by atoms with Gasteiger partial charge in [-0.15, -0.1) is 0 Å². The first-order valence-electron chi connectivity index (χ1n) is 9.77. The number of carbonyl (C=O) groups is 1. The molecule has 7 nitrogen and oxygen atoms in total. The summed E-state index contributed by atoms with van der Waals surface area (Å²) < 4.78 is 35.9. The van der Waals surface area contributed by atoms with Crippen LogP contribution in [0.2, 0.25) is 5.02 Å². The van der Waals surface area contributed by atoms with Crippen LogP contribution in [0.15, 0.2) is 83.3 Å². The molecule has 3 rings (SSSR count). The molecule has 0 aliphatic heterocycles. The number of benzene rings is 3. The van der Waals surface area contributed by atoms with E-state index < -0.39 is 16.0 Å². The lowest BCUT2D eigenvalue weighted by molar-refractivity contribution is -0.112. The standard InChI is InChI=1S/C24H19ClN2O5S/c1-2-31-23-14-17(11-12-22(23)32-33(29,30)21-9-4-3-5-10-21)13-18(16-26)24(28)27-20-8-6-7-19(25)15-20/h3-15H,2H2,1H3,(H,27,28)/b18-13+. The lowest BCUT2D eigenvalue weighted by Gasteiger charge is -2.13. The molecule has 0 saturated heterocycles. The molecule has 0 aliphatic rings. The minimum absolute atomic E-state index is 0.000809. The van der Waals surface area contributed by atoms with Crippen molar-refractivity contribution in [3.63, 3.8) is 0 Å². The predicted molar refractivity (Wildman–Crippen MR) is 126 cm³/mol. The van der Waals surface area contributed by atoms with Gasteiger partial charge in [-0.25, -0.2) is 0 Å². The van der Waals surface area contributed by atoms with Gasteiger partial charge in [-0.05, 0) is 61.0 Å². The van der Waals surface area contributed by atoms with Crippen molar-refractivity contribution in [1.82, 2.24) is 0 Å². The van der Waals surface area contributed by atoms with Crippen LogP contribution in [0, 0.1) is 11.3 Å². The molecular weight excluding hydrogens is 464 g/mol. The second-order valence-electron chi connectivity index (χ2n) is 6.62. The molecule has 3 aromatic carbocycles. The van der Waals surface area contributed by atoms with Crippen LogP contribution in [0.1, 0.15) is 12.5 Å². The van der Waals surface area contributed by atoms with E-state index in [1.807, 2.05) is 6.07 Å². The summed E-state index contributed by atoms with van der Waals surface area (Å²) in [5.74, 6) is -0.484. The minimum Gasteiger partial charge on any atom is -0.490 e. The van der Waals surface area contributed by atoms with Gasteiger partial charge in [0.05, 0.1) is 6.61 Å². The van der Waals surface area contributed by atoms with Crippen molar-refractivity contribution in [2.75, 3.05) is 11.9 Å². The van der Waals surface area contributed by atoms with Crippen molar-refractivity contribution in [2.24, 2.45) is 0 Å². The maximum Gasteiger partial charge on any atom is 0.339 e. The minimum atomic E-state index is -4.07. The molecule has 0 saturated carbocycles. The summed E-state index contributed by atoms with van der Waals surface area (Å²) in [6.45, 7) is 1.98. The first-order chi connectivity index (χ1) is 15.8. The molecular formula is C24H19ClN2O5S. The van der Waals surface area contributed by atoms with Gasteiger partial charge >= 0.3 is 10.1 Å². The molecule has 0 atom stereocenters. The van der Waals surface area contributed by atoms with Crippen LogP contribution in [-0.4, -0.2) is 20.9 Å². The van der Waals surface area contributed by atoms with Gasteiger partial charge in [0.2, 0.25) is 0 Å². The Morgan fingerprint density at radius 3 is 2.48 bits per heavy atom. The van der Waals surface area contributed by atoms with Gasteiger partial charge in [0.25, 0.3) is 5.91 Å². The van der Waals surface area contributed by atoms with Crippen LogP contribution in [0.3, 0.4) is 0 Å². The number of carbonyl (C=O) groups excluding carboxylic acids is 1.